The van der Waals surface area contributed by atoms with E-state index < -0.39 is 17.9 Å². The van der Waals surface area contributed by atoms with Crippen LogP contribution in [0.25, 0.3) is 0 Å². The Kier molecular flexibility index (Phi) is 7.15. The van der Waals surface area contributed by atoms with Gasteiger partial charge in [0.05, 0.1) is 13.2 Å². The summed E-state index contributed by atoms with van der Waals surface area (Å²) >= 11 is 0. The minimum absolute atomic E-state index is 0.132. The number of carbonyl (C=O) groups excluding carboxylic acids is 1. The standard InChI is InChI=1S/C17H26FNO3/c1-5-6-10-21-14-9-7-8-13(11-14)15(18)12-19-16(20)22-17(2,3)4/h7-9,11,15H,5-6,10,12H2,1-4H3,(H,19,20). The highest BCUT2D eigenvalue weighted by molar-refractivity contribution is 5.67. The number of halogens is 1. The maximum Gasteiger partial charge on any atom is 0.407 e. The number of unbranched alkanes of at least 4 members (excludes halogenated alkanes) is 1. The van der Waals surface area contributed by atoms with Gasteiger partial charge in [-0.15, -0.1) is 0 Å². The lowest BCUT2D eigenvalue weighted by Crippen LogP contribution is -2.34. The molecule has 22 heavy (non-hydrogen) atoms. The molecule has 0 saturated carbocycles. The lowest BCUT2D eigenvalue weighted by Gasteiger charge is -2.20. The lowest BCUT2D eigenvalue weighted by molar-refractivity contribution is 0.0513. The van der Waals surface area contributed by atoms with Crippen molar-refractivity contribution in [2.75, 3.05) is 13.2 Å². The van der Waals surface area contributed by atoms with Crippen LogP contribution < -0.4 is 10.1 Å². The fraction of sp³-hybridized carbons (Fsp3) is 0.588. The summed E-state index contributed by atoms with van der Waals surface area (Å²) < 4.78 is 24.8. The SMILES string of the molecule is CCCCOc1cccc(C(F)CNC(=O)OC(C)(C)C)c1. The molecule has 124 valence electrons. The summed E-state index contributed by atoms with van der Waals surface area (Å²) in [6.45, 7) is 7.85. The van der Waals surface area contributed by atoms with Gasteiger partial charge in [0.25, 0.3) is 0 Å². The number of alkyl carbamates (subject to hydrolysis) is 1. The largest absolute Gasteiger partial charge is 0.494 e. The van der Waals surface area contributed by atoms with E-state index in [1.807, 2.05) is 0 Å². The molecule has 4 nitrogen and oxygen atoms in total. The number of amides is 1. The quantitative estimate of drug-likeness (QED) is 0.759. The number of ether oxygens (including phenoxy) is 2. The van der Waals surface area contributed by atoms with Crippen molar-refractivity contribution >= 4 is 6.09 Å². The molecule has 0 fully saturated rings. The molecule has 0 bridgehead atoms. The summed E-state index contributed by atoms with van der Waals surface area (Å²) in [5.74, 6) is 0.644. The maximum atomic E-state index is 14.2. The summed E-state index contributed by atoms with van der Waals surface area (Å²) in [7, 11) is 0. The Balaban J connectivity index is 2.49. The highest BCUT2D eigenvalue weighted by atomic mass is 19.1. The van der Waals surface area contributed by atoms with E-state index in [0.717, 1.165) is 12.8 Å². The number of nitrogens with one attached hydrogen (secondary N) is 1. The topological polar surface area (TPSA) is 47.6 Å². The smallest absolute Gasteiger partial charge is 0.407 e. The van der Waals surface area contributed by atoms with Gasteiger partial charge in [0.2, 0.25) is 0 Å². The van der Waals surface area contributed by atoms with Crippen LogP contribution in [0.1, 0.15) is 52.3 Å². The number of alkyl halides is 1. The summed E-state index contributed by atoms with van der Waals surface area (Å²) in [4.78, 5) is 11.5. The predicted molar refractivity (Wildman–Crippen MR) is 84.9 cm³/mol. The first-order valence-electron chi connectivity index (χ1n) is 7.65. The van der Waals surface area contributed by atoms with Crippen LogP contribution in [0.3, 0.4) is 0 Å². The predicted octanol–water partition coefficient (Wildman–Crippen LogP) is 4.40. The molecule has 0 aromatic heterocycles. The van der Waals surface area contributed by atoms with E-state index >= 15 is 0 Å². The minimum Gasteiger partial charge on any atom is -0.494 e. The molecule has 0 aliphatic rings. The average Bonchev–Trinajstić information content (AvgIpc) is 2.43. The number of hydrogen-bond donors (Lipinski definition) is 1. The first kappa shape index (κ1) is 18.3. The Morgan fingerprint density at radius 2 is 2.09 bits per heavy atom. The molecule has 1 unspecified atom stereocenters. The second kappa shape index (κ2) is 8.61. The van der Waals surface area contributed by atoms with Gasteiger partial charge in [-0.2, -0.15) is 0 Å². The van der Waals surface area contributed by atoms with Crippen LogP contribution in [-0.4, -0.2) is 24.8 Å². The molecule has 0 spiro atoms. The molecule has 1 atom stereocenters. The molecule has 1 rings (SSSR count). The van der Waals surface area contributed by atoms with Crippen LogP contribution in [0, 0.1) is 0 Å². The number of benzene rings is 1. The molecule has 0 heterocycles. The molecule has 1 aromatic carbocycles. The second-order valence-electron chi connectivity index (χ2n) is 6.12. The average molecular weight is 311 g/mol. The van der Waals surface area contributed by atoms with Gasteiger partial charge in [-0.05, 0) is 44.9 Å². The first-order chi connectivity index (χ1) is 10.3. The fourth-order valence-electron chi connectivity index (χ4n) is 1.74. The second-order valence-corrected chi connectivity index (χ2v) is 6.12. The molecule has 0 radical (unpaired) electrons. The molecule has 1 N–H and O–H groups in total. The third kappa shape index (κ3) is 7.29. The van der Waals surface area contributed by atoms with Crippen LogP contribution in [-0.2, 0) is 4.74 Å². The van der Waals surface area contributed by atoms with E-state index in [0.29, 0.717) is 17.9 Å². The van der Waals surface area contributed by atoms with Gasteiger partial charge in [-0.1, -0.05) is 25.5 Å². The van der Waals surface area contributed by atoms with Gasteiger partial charge in [0.1, 0.15) is 17.5 Å². The van der Waals surface area contributed by atoms with Crippen LogP contribution in [0.2, 0.25) is 0 Å². The Morgan fingerprint density at radius 1 is 1.36 bits per heavy atom. The van der Waals surface area contributed by atoms with Crippen molar-refractivity contribution in [1.82, 2.24) is 5.32 Å². The van der Waals surface area contributed by atoms with E-state index in [9.17, 15) is 9.18 Å². The molecule has 0 saturated heterocycles. The Bertz CT molecular complexity index is 471. The first-order valence-corrected chi connectivity index (χ1v) is 7.65. The van der Waals surface area contributed by atoms with Crippen LogP contribution in [0.4, 0.5) is 9.18 Å². The maximum absolute atomic E-state index is 14.2. The Hall–Kier alpha value is -1.78. The summed E-state index contributed by atoms with van der Waals surface area (Å²) in [5.41, 5.74) is -0.117. The van der Waals surface area contributed by atoms with Crippen LogP contribution in [0.15, 0.2) is 24.3 Å². The van der Waals surface area contributed by atoms with E-state index in [2.05, 4.69) is 12.2 Å². The van der Waals surface area contributed by atoms with Crippen molar-refractivity contribution < 1.29 is 18.7 Å². The summed E-state index contributed by atoms with van der Waals surface area (Å²) in [6, 6.07) is 6.88. The number of carbonyl (C=O) groups is 1. The van der Waals surface area contributed by atoms with Crippen molar-refractivity contribution in [3.05, 3.63) is 29.8 Å². The number of hydrogen-bond acceptors (Lipinski definition) is 3. The zero-order valence-electron chi connectivity index (χ0n) is 13.8. The molecule has 1 amide bonds. The van der Waals surface area contributed by atoms with Gasteiger partial charge in [0, 0.05) is 0 Å². The summed E-state index contributed by atoms with van der Waals surface area (Å²) in [5, 5.41) is 2.43. The van der Waals surface area contributed by atoms with E-state index in [1.165, 1.54) is 0 Å². The van der Waals surface area contributed by atoms with Gasteiger partial charge in [-0.25, -0.2) is 9.18 Å². The van der Waals surface area contributed by atoms with Crippen molar-refractivity contribution in [3.8, 4) is 5.75 Å². The zero-order valence-corrected chi connectivity index (χ0v) is 13.8. The van der Waals surface area contributed by atoms with Gasteiger partial charge >= 0.3 is 6.09 Å². The third-order valence-corrected chi connectivity index (χ3v) is 2.81. The molecular formula is C17H26FNO3. The van der Waals surface area contributed by atoms with Gasteiger partial charge in [0.15, 0.2) is 0 Å². The van der Waals surface area contributed by atoms with E-state index in [1.54, 1.807) is 45.0 Å². The van der Waals surface area contributed by atoms with E-state index in [-0.39, 0.29) is 6.54 Å². The van der Waals surface area contributed by atoms with Crippen LogP contribution in [0.5, 0.6) is 5.75 Å². The van der Waals surface area contributed by atoms with E-state index in [4.69, 9.17) is 9.47 Å². The molecule has 1 aromatic rings. The Labute approximate surface area is 132 Å². The van der Waals surface area contributed by atoms with Gasteiger partial charge < -0.3 is 14.8 Å². The zero-order chi connectivity index (χ0) is 16.6. The van der Waals surface area contributed by atoms with Crippen LogP contribution >= 0.6 is 0 Å². The minimum atomic E-state index is -1.30. The third-order valence-electron chi connectivity index (χ3n) is 2.81. The van der Waals surface area contributed by atoms with Crippen molar-refractivity contribution in [1.29, 1.82) is 0 Å². The van der Waals surface area contributed by atoms with Crippen molar-refractivity contribution in [2.24, 2.45) is 0 Å². The Morgan fingerprint density at radius 3 is 2.73 bits per heavy atom. The van der Waals surface area contributed by atoms with Crippen molar-refractivity contribution in [3.63, 3.8) is 0 Å². The highest BCUT2D eigenvalue weighted by Gasteiger charge is 2.18. The highest BCUT2D eigenvalue weighted by Crippen LogP contribution is 2.22. The number of rotatable bonds is 7. The summed E-state index contributed by atoms with van der Waals surface area (Å²) in [6.07, 6.45) is 0.0853. The molecular weight excluding hydrogens is 285 g/mol. The lowest BCUT2D eigenvalue weighted by atomic mass is 10.1. The molecule has 0 aliphatic carbocycles. The van der Waals surface area contributed by atoms with Gasteiger partial charge in [-0.3, -0.25) is 0 Å². The monoisotopic (exact) mass is 311 g/mol. The molecule has 5 heteroatoms. The van der Waals surface area contributed by atoms with Crippen molar-refractivity contribution in [2.45, 2.75) is 52.3 Å². The normalized spacial score (nSPS) is 12.6. The fourth-order valence-corrected chi connectivity index (χ4v) is 1.74. The molecule has 0 aliphatic heterocycles.